The molecule has 29 heavy (non-hydrogen) atoms. The number of amides is 3. The molecule has 1 aliphatic rings. The third-order valence-electron chi connectivity index (χ3n) is 5.14. The highest BCUT2D eigenvalue weighted by atomic mass is 35.5. The molecule has 3 amide bonds. The number of piperazine rings is 1. The van der Waals surface area contributed by atoms with Crippen LogP contribution in [-0.2, 0) is 4.79 Å². The van der Waals surface area contributed by atoms with E-state index in [1.807, 2.05) is 54.3 Å². The van der Waals surface area contributed by atoms with Gasteiger partial charge in [-0.3, -0.25) is 9.69 Å². The van der Waals surface area contributed by atoms with Gasteiger partial charge < -0.3 is 15.1 Å². The van der Waals surface area contributed by atoms with Crippen LogP contribution in [0.3, 0.4) is 0 Å². The average molecular weight is 415 g/mol. The van der Waals surface area contributed by atoms with Crippen LogP contribution in [0.25, 0.3) is 0 Å². The van der Waals surface area contributed by atoms with Gasteiger partial charge >= 0.3 is 6.03 Å². The van der Waals surface area contributed by atoms with Crippen molar-refractivity contribution in [3.05, 3.63) is 64.7 Å². The third-order valence-corrected chi connectivity index (χ3v) is 5.54. The quantitative estimate of drug-likeness (QED) is 0.831. The standard InChI is InChI=1S/C22H27ClN4O2/c1-16-9-10-18(15-19(16)23)24-21(28)20(17-7-5-4-6-8-17)26-11-13-27(14-12-26)22(29)25(2)3/h4-10,15,20H,11-14H2,1-3H3,(H,24,28). The number of benzene rings is 2. The minimum absolute atomic E-state index is 0.000315. The molecule has 0 bridgehead atoms. The van der Waals surface area contributed by atoms with Crippen LogP contribution in [0.2, 0.25) is 5.02 Å². The van der Waals surface area contributed by atoms with Crippen LogP contribution in [0.5, 0.6) is 0 Å². The van der Waals surface area contributed by atoms with Gasteiger partial charge in [0, 0.05) is 51.0 Å². The van der Waals surface area contributed by atoms with Crippen LogP contribution in [-0.4, -0.2) is 66.9 Å². The molecule has 0 aromatic heterocycles. The van der Waals surface area contributed by atoms with E-state index in [1.165, 1.54) is 0 Å². The SMILES string of the molecule is Cc1ccc(NC(=O)C(c2ccccc2)N2CCN(C(=O)N(C)C)CC2)cc1Cl. The summed E-state index contributed by atoms with van der Waals surface area (Å²) in [5.74, 6) is -0.108. The zero-order valence-electron chi connectivity index (χ0n) is 17.1. The van der Waals surface area contributed by atoms with E-state index in [9.17, 15) is 9.59 Å². The van der Waals surface area contributed by atoms with Gasteiger partial charge in [0.25, 0.3) is 0 Å². The number of hydrogen-bond acceptors (Lipinski definition) is 3. The molecule has 1 aliphatic heterocycles. The fourth-order valence-corrected chi connectivity index (χ4v) is 3.68. The first-order valence-corrected chi connectivity index (χ1v) is 10.1. The summed E-state index contributed by atoms with van der Waals surface area (Å²) < 4.78 is 0. The van der Waals surface area contributed by atoms with Crippen molar-refractivity contribution in [3.8, 4) is 0 Å². The molecular weight excluding hydrogens is 388 g/mol. The molecule has 1 atom stereocenters. The maximum atomic E-state index is 13.2. The molecule has 1 N–H and O–H groups in total. The van der Waals surface area contributed by atoms with Crippen molar-refractivity contribution in [1.82, 2.24) is 14.7 Å². The number of halogens is 1. The number of urea groups is 1. The van der Waals surface area contributed by atoms with Crippen molar-refractivity contribution < 1.29 is 9.59 Å². The lowest BCUT2D eigenvalue weighted by Crippen LogP contribution is -2.53. The Morgan fingerprint density at radius 2 is 1.69 bits per heavy atom. The number of hydrogen-bond donors (Lipinski definition) is 1. The van der Waals surface area contributed by atoms with Gasteiger partial charge in [0.05, 0.1) is 0 Å². The Bertz CT molecular complexity index is 864. The van der Waals surface area contributed by atoms with Gasteiger partial charge in [-0.25, -0.2) is 4.79 Å². The summed E-state index contributed by atoms with van der Waals surface area (Å²) >= 11 is 6.21. The van der Waals surface area contributed by atoms with Crippen LogP contribution < -0.4 is 5.32 Å². The second-order valence-corrected chi connectivity index (χ2v) is 7.87. The number of nitrogens with one attached hydrogen (secondary N) is 1. The van der Waals surface area contributed by atoms with Crippen molar-refractivity contribution >= 4 is 29.2 Å². The molecule has 1 fully saturated rings. The van der Waals surface area contributed by atoms with E-state index in [0.717, 1.165) is 11.1 Å². The predicted octanol–water partition coefficient (Wildman–Crippen LogP) is 3.63. The van der Waals surface area contributed by atoms with E-state index in [-0.39, 0.29) is 11.9 Å². The van der Waals surface area contributed by atoms with Crippen LogP contribution in [0.1, 0.15) is 17.2 Å². The summed E-state index contributed by atoms with van der Waals surface area (Å²) in [7, 11) is 3.50. The smallest absolute Gasteiger partial charge is 0.319 e. The summed E-state index contributed by atoms with van der Waals surface area (Å²) in [5, 5.41) is 3.62. The molecule has 2 aromatic carbocycles. The fraction of sp³-hybridized carbons (Fsp3) is 0.364. The van der Waals surface area contributed by atoms with Crippen LogP contribution in [0, 0.1) is 6.92 Å². The lowest BCUT2D eigenvalue weighted by atomic mass is 10.0. The normalized spacial score (nSPS) is 15.7. The van der Waals surface area contributed by atoms with Crippen molar-refractivity contribution in [2.45, 2.75) is 13.0 Å². The lowest BCUT2D eigenvalue weighted by molar-refractivity contribution is -0.122. The first-order valence-electron chi connectivity index (χ1n) is 9.69. The van der Waals surface area contributed by atoms with Gasteiger partial charge in [-0.05, 0) is 30.2 Å². The summed E-state index contributed by atoms with van der Waals surface area (Å²) in [6.45, 7) is 4.35. The Hall–Kier alpha value is -2.57. The Morgan fingerprint density at radius 1 is 1.03 bits per heavy atom. The van der Waals surface area contributed by atoms with Gasteiger partial charge in [0.15, 0.2) is 0 Å². The Balaban J connectivity index is 1.78. The highest BCUT2D eigenvalue weighted by Gasteiger charge is 2.32. The topological polar surface area (TPSA) is 55.9 Å². The van der Waals surface area contributed by atoms with Crippen LogP contribution in [0.15, 0.2) is 48.5 Å². The molecule has 0 aliphatic carbocycles. The van der Waals surface area contributed by atoms with Gasteiger partial charge in [-0.15, -0.1) is 0 Å². The van der Waals surface area contributed by atoms with Gasteiger partial charge in [0.2, 0.25) is 5.91 Å². The molecule has 0 spiro atoms. The molecule has 1 unspecified atom stereocenters. The molecule has 0 saturated carbocycles. The Morgan fingerprint density at radius 3 is 2.28 bits per heavy atom. The molecule has 1 saturated heterocycles. The van der Waals surface area contributed by atoms with Crippen molar-refractivity contribution in [2.24, 2.45) is 0 Å². The molecule has 154 valence electrons. The number of anilines is 1. The molecule has 3 rings (SSSR count). The first kappa shape index (κ1) is 21.1. The van der Waals surface area contributed by atoms with Crippen molar-refractivity contribution in [1.29, 1.82) is 0 Å². The highest BCUT2D eigenvalue weighted by molar-refractivity contribution is 6.31. The molecule has 6 nitrogen and oxygen atoms in total. The number of aryl methyl sites for hydroxylation is 1. The molecule has 7 heteroatoms. The van der Waals surface area contributed by atoms with E-state index in [0.29, 0.717) is 36.9 Å². The van der Waals surface area contributed by atoms with Gasteiger partial charge in [-0.1, -0.05) is 48.0 Å². The Kier molecular flexibility index (Phi) is 6.77. The summed E-state index contributed by atoms with van der Waals surface area (Å²) in [6, 6.07) is 14.8. The maximum Gasteiger partial charge on any atom is 0.319 e. The minimum Gasteiger partial charge on any atom is -0.331 e. The monoisotopic (exact) mass is 414 g/mol. The lowest BCUT2D eigenvalue weighted by Gasteiger charge is -2.39. The van der Waals surface area contributed by atoms with E-state index in [2.05, 4.69) is 10.2 Å². The van der Waals surface area contributed by atoms with E-state index in [1.54, 1.807) is 25.1 Å². The summed E-state index contributed by atoms with van der Waals surface area (Å²) in [6.07, 6.45) is 0. The van der Waals surface area contributed by atoms with Gasteiger partial charge in [-0.2, -0.15) is 0 Å². The number of carbonyl (C=O) groups excluding carboxylic acids is 2. The first-order chi connectivity index (χ1) is 13.9. The highest BCUT2D eigenvalue weighted by Crippen LogP contribution is 2.26. The second kappa shape index (κ2) is 9.29. The average Bonchev–Trinajstić information content (AvgIpc) is 2.71. The maximum absolute atomic E-state index is 13.2. The molecule has 1 heterocycles. The minimum atomic E-state index is -0.437. The van der Waals surface area contributed by atoms with Crippen LogP contribution in [0.4, 0.5) is 10.5 Å². The van der Waals surface area contributed by atoms with Crippen LogP contribution >= 0.6 is 11.6 Å². The predicted molar refractivity (Wildman–Crippen MR) is 116 cm³/mol. The van der Waals surface area contributed by atoms with E-state index < -0.39 is 6.04 Å². The Labute approximate surface area is 177 Å². The number of nitrogens with zero attached hydrogens (tertiary/aromatic N) is 3. The van der Waals surface area contributed by atoms with E-state index >= 15 is 0 Å². The fourth-order valence-electron chi connectivity index (χ4n) is 3.50. The van der Waals surface area contributed by atoms with Crippen molar-refractivity contribution in [2.75, 3.05) is 45.6 Å². The summed E-state index contributed by atoms with van der Waals surface area (Å²) in [5.41, 5.74) is 2.56. The number of carbonyl (C=O) groups is 2. The molecular formula is C22H27ClN4O2. The van der Waals surface area contributed by atoms with Gasteiger partial charge in [0.1, 0.15) is 6.04 Å². The molecule has 2 aromatic rings. The van der Waals surface area contributed by atoms with Crippen molar-refractivity contribution in [3.63, 3.8) is 0 Å². The van der Waals surface area contributed by atoms with E-state index in [4.69, 9.17) is 11.6 Å². The third kappa shape index (κ3) is 5.08. The zero-order valence-corrected chi connectivity index (χ0v) is 17.8. The zero-order chi connectivity index (χ0) is 21.0. The molecule has 0 radical (unpaired) electrons. The second-order valence-electron chi connectivity index (χ2n) is 7.47. The summed E-state index contributed by atoms with van der Waals surface area (Å²) in [4.78, 5) is 31.0. The number of rotatable bonds is 4. The largest absolute Gasteiger partial charge is 0.331 e.